The van der Waals surface area contributed by atoms with Gasteiger partial charge in [0.25, 0.3) is 0 Å². The molecule has 3 rings (SSSR count). The third-order valence-corrected chi connectivity index (χ3v) is 4.22. The van der Waals surface area contributed by atoms with Gasteiger partial charge in [0.1, 0.15) is 36.4 Å². The van der Waals surface area contributed by atoms with Crippen LogP contribution in [0.3, 0.4) is 0 Å². The van der Waals surface area contributed by atoms with Crippen molar-refractivity contribution >= 4 is 11.5 Å². The fraction of sp³-hybridized carbons (Fsp3) is 0.174. The highest BCUT2D eigenvalue weighted by Gasteiger charge is 2.00. The molecule has 0 aliphatic carbocycles. The second-order valence-corrected chi connectivity index (χ2v) is 6.36. The van der Waals surface area contributed by atoms with Gasteiger partial charge in [0, 0.05) is 15.6 Å². The number of nitrogens with two attached hydrogens (primary N) is 1. The van der Waals surface area contributed by atoms with Crippen molar-refractivity contribution in [3.05, 3.63) is 84.4 Å². The summed E-state index contributed by atoms with van der Waals surface area (Å²) in [4.78, 5) is 3.96. The van der Waals surface area contributed by atoms with Crippen LogP contribution in [0, 0.1) is 0 Å². The Hall–Kier alpha value is -3.55. The zero-order chi connectivity index (χ0) is 21.0. The summed E-state index contributed by atoms with van der Waals surface area (Å²) in [6.45, 7) is 1.19. The van der Waals surface area contributed by atoms with Crippen LogP contribution < -0.4 is 26.1 Å². The minimum atomic E-state index is 0. The first kappa shape index (κ1) is 21.2. The Morgan fingerprint density at radius 1 is 0.900 bits per heavy atom. The van der Waals surface area contributed by atoms with Gasteiger partial charge < -0.3 is 25.0 Å². The van der Waals surface area contributed by atoms with Crippen LogP contribution in [0.1, 0.15) is 8.42 Å². The Morgan fingerprint density at radius 3 is 2.23 bits per heavy atom. The minimum Gasteiger partial charge on any atom is -0.486 e. The smallest absolute Gasteiger partial charge is 0.149 e. The second kappa shape index (κ2) is 11.5. The standard InChI is InChI=1S/C23H26N4O3.2H2/c1-25-23(27-24)16-29-20-11-7-18(8-12-20)15-28-17-26-19-9-13-22(14-10-19)30-21-5-3-2-4-6-21;;/h2-14,26H,15-17,24H2,1H3,(H,25,27);2*1H. The van der Waals surface area contributed by atoms with E-state index in [9.17, 15) is 0 Å². The molecule has 0 aromatic heterocycles. The second-order valence-electron chi connectivity index (χ2n) is 6.36. The highest BCUT2D eigenvalue weighted by atomic mass is 16.5. The normalized spacial score (nSPS) is 11.1. The summed E-state index contributed by atoms with van der Waals surface area (Å²) in [5.41, 5.74) is 4.50. The number of rotatable bonds is 10. The summed E-state index contributed by atoms with van der Waals surface area (Å²) in [5.74, 6) is 8.25. The van der Waals surface area contributed by atoms with Gasteiger partial charge in [0.05, 0.1) is 6.61 Å². The van der Waals surface area contributed by atoms with Crippen molar-refractivity contribution in [3.8, 4) is 17.2 Å². The van der Waals surface area contributed by atoms with E-state index in [4.69, 9.17) is 20.1 Å². The molecular weight excluding hydrogens is 380 g/mol. The molecular formula is C23H30N4O3. The highest BCUT2D eigenvalue weighted by Crippen LogP contribution is 2.22. The zero-order valence-electron chi connectivity index (χ0n) is 16.9. The average molecular weight is 411 g/mol. The highest BCUT2D eigenvalue weighted by molar-refractivity contribution is 5.82. The molecule has 0 spiro atoms. The first-order chi connectivity index (χ1) is 14.8. The summed E-state index contributed by atoms with van der Waals surface area (Å²) in [6, 6.07) is 25.1. The zero-order valence-corrected chi connectivity index (χ0v) is 16.9. The van der Waals surface area contributed by atoms with Crippen molar-refractivity contribution in [3.63, 3.8) is 0 Å². The van der Waals surface area contributed by atoms with Crippen molar-refractivity contribution in [2.24, 2.45) is 10.8 Å². The summed E-state index contributed by atoms with van der Waals surface area (Å²) in [5, 5.41) is 3.23. The van der Waals surface area contributed by atoms with Gasteiger partial charge in [0.15, 0.2) is 0 Å². The molecule has 4 N–H and O–H groups in total. The van der Waals surface area contributed by atoms with Gasteiger partial charge >= 0.3 is 0 Å². The Bertz CT molecular complexity index is 924. The Kier molecular flexibility index (Phi) is 8.08. The topological polar surface area (TPSA) is 90.1 Å². The molecule has 0 aliphatic heterocycles. The van der Waals surface area contributed by atoms with E-state index in [1.807, 2.05) is 78.9 Å². The van der Waals surface area contributed by atoms with E-state index in [0.29, 0.717) is 25.8 Å². The molecule has 7 nitrogen and oxygen atoms in total. The van der Waals surface area contributed by atoms with Gasteiger partial charge in [0.2, 0.25) is 0 Å². The molecule has 0 heterocycles. The van der Waals surface area contributed by atoms with Gasteiger partial charge in [-0.15, -0.1) is 0 Å². The number of hydrogen-bond donors (Lipinski definition) is 3. The molecule has 0 atom stereocenters. The van der Waals surface area contributed by atoms with Crippen LogP contribution in [0.25, 0.3) is 0 Å². The Labute approximate surface area is 179 Å². The van der Waals surface area contributed by atoms with Crippen LogP contribution in [0.4, 0.5) is 5.69 Å². The van der Waals surface area contributed by atoms with E-state index in [0.717, 1.165) is 28.5 Å². The van der Waals surface area contributed by atoms with Gasteiger partial charge in [-0.05, 0) is 54.1 Å². The predicted octanol–water partition coefficient (Wildman–Crippen LogP) is 4.43. The van der Waals surface area contributed by atoms with Crippen molar-refractivity contribution in [2.45, 2.75) is 6.61 Å². The maximum absolute atomic E-state index is 5.78. The quantitative estimate of drug-likeness (QED) is 0.114. The van der Waals surface area contributed by atoms with E-state index in [1.54, 1.807) is 7.05 Å². The van der Waals surface area contributed by atoms with Crippen LogP contribution in [0.2, 0.25) is 0 Å². The number of hydrazine groups is 1. The molecule has 0 aliphatic rings. The van der Waals surface area contributed by atoms with Crippen molar-refractivity contribution in [1.82, 2.24) is 5.43 Å². The molecule has 0 saturated heterocycles. The molecule has 3 aromatic rings. The van der Waals surface area contributed by atoms with E-state index in [-0.39, 0.29) is 2.85 Å². The monoisotopic (exact) mass is 410 g/mol. The summed E-state index contributed by atoms with van der Waals surface area (Å²) >= 11 is 0. The van der Waals surface area contributed by atoms with Crippen LogP contribution >= 0.6 is 0 Å². The average Bonchev–Trinajstić information content (AvgIpc) is 2.80. The lowest BCUT2D eigenvalue weighted by Gasteiger charge is -2.10. The predicted molar refractivity (Wildman–Crippen MR) is 123 cm³/mol. The molecule has 0 saturated carbocycles. The number of anilines is 1. The Balaban J connectivity index is 0.00000256. The fourth-order valence-corrected chi connectivity index (χ4v) is 2.57. The van der Waals surface area contributed by atoms with Crippen LogP contribution in [0.5, 0.6) is 17.2 Å². The van der Waals surface area contributed by atoms with Gasteiger partial charge in [-0.1, -0.05) is 30.3 Å². The van der Waals surface area contributed by atoms with E-state index >= 15 is 0 Å². The first-order valence-electron chi connectivity index (χ1n) is 9.55. The van der Waals surface area contributed by atoms with Gasteiger partial charge in [-0.3, -0.25) is 4.99 Å². The fourth-order valence-electron chi connectivity index (χ4n) is 2.57. The molecule has 3 aromatic carbocycles. The number of amidine groups is 1. The lowest BCUT2D eigenvalue weighted by atomic mass is 10.2. The molecule has 30 heavy (non-hydrogen) atoms. The number of nitrogens with zero attached hydrogens (tertiary/aromatic N) is 1. The number of para-hydroxylation sites is 1. The maximum atomic E-state index is 5.78. The molecule has 0 radical (unpaired) electrons. The number of aliphatic imine (C=N–C) groups is 1. The van der Waals surface area contributed by atoms with E-state index in [2.05, 4.69) is 15.7 Å². The van der Waals surface area contributed by atoms with Gasteiger partial charge in [-0.2, -0.15) is 0 Å². The van der Waals surface area contributed by atoms with Crippen LogP contribution in [-0.2, 0) is 11.3 Å². The molecule has 0 unspecified atom stereocenters. The number of nitrogens with one attached hydrogen (secondary N) is 2. The molecule has 0 fully saturated rings. The summed E-state index contributed by atoms with van der Waals surface area (Å²) in [7, 11) is 1.65. The largest absolute Gasteiger partial charge is 0.486 e. The van der Waals surface area contributed by atoms with Crippen LogP contribution in [0.15, 0.2) is 83.9 Å². The van der Waals surface area contributed by atoms with Crippen molar-refractivity contribution in [2.75, 3.05) is 25.7 Å². The lowest BCUT2D eigenvalue weighted by Crippen LogP contribution is -2.34. The molecule has 160 valence electrons. The summed E-state index contributed by atoms with van der Waals surface area (Å²) < 4.78 is 17.1. The van der Waals surface area contributed by atoms with Gasteiger partial charge in [-0.25, -0.2) is 5.84 Å². The lowest BCUT2D eigenvalue weighted by molar-refractivity contribution is 0.138. The van der Waals surface area contributed by atoms with E-state index in [1.165, 1.54) is 0 Å². The molecule has 0 amide bonds. The maximum Gasteiger partial charge on any atom is 0.149 e. The molecule has 7 heteroatoms. The SMILES string of the molecule is CN=C(COc1ccc(COCNc2ccc(Oc3ccccc3)cc2)cc1)NN.[HH].[HH]. The third kappa shape index (κ3) is 6.80. The first-order valence-corrected chi connectivity index (χ1v) is 9.55. The summed E-state index contributed by atoms with van der Waals surface area (Å²) in [6.07, 6.45) is 0. The van der Waals surface area contributed by atoms with Crippen LogP contribution in [-0.4, -0.2) is 26.2 Å². The van der Waals surface area contributed by atoms with E-state index < -0.39 is 0 Å². The molecule has 0 bridgehead atoms. The Morgan fingerprint density at radius 2 is 1.57 bits per heavy atom. The minimum absolute atomic E-state index is 0. The number of hydrogen-bond acceptors (Lipinski definition) is 6. The van der Waals surface area contributed by atoms with Crippen molar-refractivity contribution < 1.29 is 17.1 Å². The number of ether oxygens (including phenoxy) is 3. The third-order valence-electron chi connectivity index (χ3n) is 4.22. The number of benzene rings is 3. The van der Waals surface area contributed by atoms with Crippen molar-refractivity contribution in [1.29, 1.82) is 0 Å².